The minimum Gasteiger partial charge on any atom is -0.325 e. The maximum atomic E-state index is 13.0. The van der Waals surface area contributed by atoms with E-state index in [0.29, 0.717) is 23.0 Å². The summed E-state index contributed by atoms with van der Waals surface area (Å²) in [5, 5.41) is 4.22. The highest BCUT2D eigenvalue weighted by Gasteiger charge is 2.18. The highest BCUT2D eigenvalue weighted by molar-refractivity contribution is 7.99. The van der Waals surface area contributed by atoms with Crippen LogP contribution in [0.25, 0.3) is 10.2 Å². The van der Waals surface area contributed by atoms with Gasteiger partial charge in [-0.15, -0.1) is 17.9 Å². The molecule has 0 aliphatic heterocycles. The van der Waals surface area contributed by atoms with Crippen LogP contribution in [0.15, 0.2) is 46.9 Å². The average Bonchev–Trinajstić information content (AvgIpc) is 3.02. The molecule has 0 unspecified atom stereocenters. The van der Waals surface area contributed by atoms with Crippen LogP contribution in [0.5, 0.6) is 0 Å². The summed E-state index contributed by atoms with van der Waals surface area (Å²) in [6, 6.07) is 7.90. The number of fused-ring (bicyclic) bond motifs is 1. The molecular formula is C23H27N3O2S2. The minimum absolute atomic E-state index is 0.0771. The summed E-state index contributed by atoms with van der Waals surface area (Å²) in [7, 11) is 0. The lowest BCUT2D eigenvalue weighted by atomic mass is 9.97. The molecule has 7 heteroatoms. The SMILES string of the molecule is C=CCn1c(SCC(=O)Nc2ccccc2[C@@H](C)CC)nc2sc(C)c(C)c2c1=O. The van der Waals surface area contributed by atoms with Crippen LogP contribution < -0.4 is 10.9 Å². The molecule has 0 aliphatic carbocycles. The second kappa shape index (κ2) is 9.62. The minimum atomic E-state index is -0.117. The van der Waals surface area contributed by atoms with Gasteiger partial charge in [-0.05, 0) is 43.4 Å². The Balaban J connectivity index is 1.84. The lowest BCUT2D eigenvalue weighted by Crippen LogP contribution is -2.23. The normalized spacial score (nSPS) is 12.1. The number of carbonyl (C=O) groups excluding carboxylic acids is 1. The van der Waals surface area contributed by atoms with Gasteiger partial charge in [-0.1, -0.05) is 49.9 Å². The van der Waals surface area contributed by atoms with Gasteiger partial charge in [0.25, 0.3) is 5.56 Å². The van der Waals surface area contributed by atoms with E-state index in [1.807, 2.05) is 32.0 Å². The van der Waals surface area contributed by atoms with Gasteiger partial charge in [0.05, 0.1) is 11.1 Å². The van der Waals surface area contributed by atoms with Gasteiger partial charge in [0.15, 0.2) is 5.16 Å². The van der Waals surface area contributed by atoms with Gasteiger partial charge >= 0.3 is 0 Å². The topological polar surface area (TPSA) is 64.0 Å². The van der Waals surface area contributed by atoms with Crippen LogP contribution in [0.2, 0.25) is 0 Å². The van der Waals surface area contributed by atoms with Crippen molar-refractivity contribution in [2.75, 3.05) is 11.1 Å². The van der Waals surface area contributed by atoms with E-state index in [-0.39, 0.29) is 17.2 Å². The molecule has 1 atom stereocenters. The molecule has 0 fully saturated rings. The second-order valence-corrected chi connectivity index (χ2v) is 9.44. The molecule has 3 aromatic rings. The third kappa shape index (κ3) is 4.52. The van der Waals surface area contributed by atoms with Crippen molar-refractivity contribution < 1.29 is 4.79 Å². The van der Waals surface area contributed by atoms with E-state index in [1.165, 1.54) is 23.1 Å². The van der Waals surface area contributed by atoms with Crippen molar-refractivity contribution in [2.45, 2.75) is 51.7 Å². The first-order valence-electron chi connectivity index (χ1n) is 10.00. The summed E-state index contributed by atoms with van der Waals surface area (Å²) in [6.45, 7) is 12.3. The number of rotatable bonds is 8. The van der Waals surface area contributed by atoms with Gasteiger partial charge in [0, 0.05) is 17.1 Å². The Morgan fingerprint density at radius 1 is 1.37 bits per heavy atom. The van der Waals surface area contributed by atoms with E-state index in [4.69, 9.17) is 4.98 Å². The van der Waals surface area contributed by atoms with Crippen molar-refractivity contribution in [3.63, 3.8) is 0 Å². The predicted octanol–water partition coefficient (Wildman–Crippen LogP) is 5.51. The number of anilines is 1. The number of hydrogen-bond acceptors (Lipinski definition) is 5. The summed E-state index contributed by atoms with van der Waals surface area (Å²) < 4.78 is 1.60. The van der Waals surface area contributed by atoms with Gasteiger partial charge < -0.3 is 5.32 Å². The number of allylic oxidation sites excluding steroid dienone is 1. The quantitative estimate of drug-likeness (QED) is 0.285. The van der Waals surface area contributed by atoms with Crippen LogP contribution in [0.3, 0.4) is 0 Å². The van der Waals surface area contributed by atoms with Crippen LogP contribution in [0.1, 0.15) is 42.2 Å². The van der Waals surface area contributed by atoms with Crippen LogP contribution in [0.4, 0.5) is 5.69 Å². The number of nitrogens with one attached hydrogen (secondary N) is 1. The molecule has 30 heavy (non-hydrogen) atoms. The molecule has 2 aromatic heterocycles. The van der Waals surface area contributed by atoms with Crippen molar-refractivity contribution in [1.29, 1.82) is 0 Å². The fraction of sp³-hybridized carbons (Fsp3) is 0.348. The summed E-state index contributed by atoms with van der Waals surface area (Å²) in [6.07, 6.45) is 2.68. The van der Waals surface area contributed by atoms with Crippen LogP contribution in [-0.4, -0.2) is 21.2 Å². The van der Waals surface area contributed by atoms with E-state index in [0.717, 1.165) is 32.9 Å². The number of carbonyl (C=O) groups is 1. The molecule has 0 saturated carbocycles. The second-order valence-electron chi connectivity index (χ2n) is 7.30. The molecule has 0 spiro atoms. The zero-order valence-electron chi connectivity index (χ0n) is 17.8. The number of benzene rings is 1. The zero-order valence-corrected chi connectivity index (χ0v) is 19.5. The lowest BCUT2D eigenvalue weighted by molar-refractivity contribution is -0.113. The van der Waals surface area contributed by atoms with Crippen molar-refractivity contribution in [1.82, 2.24) is 9.55 Å². The van der Waals surface area contributed by atoms with Crippen molar-refractivity contribution >= 4 is 44.9 Å². The third-order valence-electron chi connectivity index (χ3n) is 5.28. The average molecular weight is 442 g/mol. The Morgan fingerprint density at radius 3 is 2.80 bits per heavy atom. The fourth-order valence-corrected chi connectivity index (χ4v) is 5.16. The third-order valence-corrected chi connectivity index (χ3v) is 7.35. The Bertz CT molecular complexity index is 1150. The maximum absolute atomic E-state index is 13.0. The summed E-state index contributed by atoms with van der Waals surface area (Å²) in [5.74, 6) is 0.419. The molecule has 2 heterocycles. The molecule has 3 rings (SSSR count). The number of aromatic nitrogens is 2. The number of aryl methyl sites for hydroxylation is 2. The number of thiophene rings is 1. The summed E-state index contributed by atoms with van der Waals surface area (Å²) in [5.41, 5.74) is 2.87. The Hall–Kier alpha value is -2.38. The highest BCUT2D eigenvalue weighted by Crippen LogP contribution is 2.29. The van der Waals surface area contributed by atoms with E-state index in [2.05, 4.69) is 31.8 Å². The van der Waals surface area contributed by atoms with Crippen LogP contribution in [-0.2, 0) is 11.3 Å². The number of thioether (sulfide) groups is 1. The van der Waals surface area contributed by atoms with E-state index in [1.54, 1.807) is 10.6 Å². The molecule has 5 nitrogen and oxygen atoms in total. The van der Waals surface area contributed by atoms with Crippen LogP contribution in [0, 0.1) is 13.8 Å². The highest BCUT2D eigenvalue weighted by atomic mass is 32.2. The van der Waals surface area contributed by atoms with Gasteiger partial charge in [-0.3, -0.25) is 14.2 Å². The molecule has 0 aliphatic rings. The smallest absolute Gasteiger partial charge is 0.263 e. The number of para-hydroxylation sites is 1. The van der Waals surface area contributed by atoms with Crippen molar-refractivity contribution in [3.05, 3.63) is 63.3 Å². The largest absolute Gasteiger partial charge is 0.325 e. The van der Waals surface area contributed by atoms with Gasteiger partial charge in [-0.25, -0.2) is 4.98 Å². The van der Waals surface area contributed by atoms with Crippen molar-refractivity contribution in [2.24, 2.45) is 0 Å². The van der Waals surface area contributed by atoms with Gasteiger partial charge in [0.1, 0.15) is 4.83 Å². The van der Waals surface area contributed by atoms with Gasteiger partial charge in [-0.2, -0.15) is 0 Å². The lowest BCUT2D eigenvalue weighted by Gasteiger charge is -2.16. The monoisotopic (exact) mass is 441 g/mol. The summed E-state index contributed by atoms with van der Waals surface area (Å²) in [4.78, 5) is 32.2. The molecular weight excluding hydrogens is 414 g/mol. The van der Waals surface area contributed by atoms with E-state index in [9.17, 15) is 9.59 Å². The van der Waals surface area contributed by atoms with Crippen LogP contribution >= 0.6 is 23.1 Å². The number of hydrogen-bond donors (Lipinski definition) is 1. The first-order valence-corrected chi connectivity index (χ1v) is 11.8. The standard InChI is InChI=1S/C23H27N3O2S2/c1-6-12-26-22(28)20-15(4)16(5)30-21(20)25-23(26)29-13-19(27)24-18-11-9-8-10-17(18)14(3)7-2/h6,8-11,14H,1,7,12-13H2,2-5H3,(H,24,27)/t14-/m0/s1. The number of amides is 1. The molecule has 158 valence electrons. The van der Waals surface area contributed by atoms with Crippen molar-refractivity contribution in [3.8, 4) is 0 Å². The van der Waals surface area contributed by atoms with Gasteiger partial charge in [0.2, 0.25) is 5.91 Å². The molecule has 1 N–H and O–H groups in total. The molecule has 1 amide bonds. The predicted molar refractivity (Wildman–Crippen MR) is 128 cm³/mol. The fourth-order valence-electron chi connectivity index (χ4n) is 3.29. The van der Waals surface area contributed by atoms with E-state index >= 15 is 0 Å². The molecule has 1 aromatic carbocycles. The maximum Gasteiger partial charge on any atom is 0.263 e. The summed E-state index contributed by atoms with van der Waals surface area (Å²) >= 11 is 2.79. The Morgan fingerprint density at radius 2 is 2.10 bits per heavy atom. The first kappa shape index (κ1) is 22.3. The van der Waals surface area contributed by atoms with E-state index < -0.39 is 0 Å². The first-order chi connectivity index (χ1) is 14.4. The zero-order chi connectivity index (χ0) is 21.8. The molecule has 0 saturated heterocycles. The number of nitrogens with zero attached hydrogens (tertiary/aromatic N) is 2. The molecule has 0 bridgehead atoms. The molecule has 0 radical (unpaired) electrons. The Kier molecular flexibility index (Phi) is 7.15. The Labute approximate surface area is 185 Å².